The van der Waals surface area contributed by atoms with Gasteiger partial charge in [0, 0.05) is 10.5 Å². The van der Waals surface area contributed by atoms with Gasteiger partial charge in [0.1, 0.15) is 0 Å². The van der Waals surface area contributed by atoms with E-state index in [0.717, 1.165) is 22.9 Å². The van der Waals surface area contributed by atoms with Gasteiger partial charge in [-0.15, -0.1) is 0 Å². The van der Waals surface area contributed by atoms with Gasteiger partial charge in [0.25, 0.3) is 0 Å². The highest BCUT2D eigenvalue weighted by atomic mass is 79.9. The SMILES string of the molecule is Cc1cc(S(=O)(=O)NC(C)C2CCCCC2)ccc1Br. The molecule has 5 heteroatoms. The van der Waals surface area contributed by atoms with Gasteiger partial charge < -0.3 is 0 Å². The van der Waals surface area contributed by atoms with E-state index >= 15 is 0 Å². The Morgan fingerprint density at radius 1 is 1.25 bits per heavy atom. The van der Waals surface area contributed by atoms with Crippen LogP contribution >= 0.6 is 15.9 Å². The van der Waals surface area contributed by atoms with Gasteiger partial charge in [-0.05, 0) is 56.4 Å². The van der Waals surface area contributed by atoms with E-state index in [2.05, 4.69) is 20.7 Å². The molecular formula is C15H22BrNO2S. The van der Waals surface area contributed by atoms with Gasteiger partial charge in [-0.2, -0.15) is 0 Å². The van der Waals surface area contributed by atoms with E-state index < -0.39 is 10.0 Å². The van der Waals surface area contributed by atoms with Crippen molar-refractivity contribution in [1.82, 2.24) is 4.72 Å². The molecule has 1 aromatic carbocycles. The predicted molar refractivity (Wildman–Crippen MR) is 85.2 cm³/mol. The summed E-state index contributed by atoms with van der Waals surface area (Å²) < 4.78 is 28.6. The van der Waals surface area contributed by atoms with Gasteiger partial charge in [-0.1, -0.05) is 35.2 Å². The van der Waals surface area contributed by atoms with Crippen LogP contribution in [0.1, 0.15) is 44.6 Å². The summed E-state index contributed by atoms with van der Waals surface area (Å²) in [7, 11) is -3.42. The molecule has 1 aromatic rings. The fraction of sp³-hybridized carbons (Fsp3) is 0.600. The maximum atomic E-state index is 12.4. The molecule has 0 radical (unpaired) electrons. The second kappa shape index (κ2) is 6.58. The zero-order chi connectivity index (χ0) is 14.8. The number of aryl methyl sites for hydroxylation is 1. The van der Waals surface area contributed by atoms with Crippen molar-refractivity contribution in [2.24, 2.45) is 5.92 Å². The van der Waals surface area contributed by atoms with Crippen molar-refractivity contribution in [3.8, 4) is 0 Å². The van der Waals surface area contributed by atoms with E-state index in [-0.39, 0.29) is 6.04 Å². The van der Waals surface area contributed by atoms with Crippen LogP contribution in [0.4, 0.5) is 0 Å². The first-order valence-corrected chi connectivity index (χ1v) is 9.46. The van der Waals surface area contributed by atoms with Crippen molar-refractivity contribution in [3.63, 3.8) is 0 Å². The first-order valence-electron chi connectivity index (χ1n) is 7.18. The maximum absolute atomic E-state index is 12.4. The van der Waals surface area contributed by atoms with Crippen LogP contribution in [-0.2, 0) is 10.0 Å². The van der Waals surface area contributed by atoms with Gasteiger partial charge in [-0.25, -0.2) is 13.1 Å². The summed E-state index contributed by atoms with van der Waals surface area (Å²) in [6, 6.07) is 5.14. The average molecular weight is 360 g/mol. The van der Waals surface area contributed by atoms with E-state index in [1.54, 1.807) is 18.2 Å². The quantitative estimate of drug-likeness (QED) is 0.882. The molecule has 1 aliphatic rings. The highest BCUT2D eigenvalue weighted by Gasteiger charge is 2.25. The number of nitrogens with one attached hydrogen (secondary N) is 1. The number of rotatable bonds is 4. The van der Waals surface area contributed by atoms with Gasteiger partial charge in [0.05, 0.1) is 4.90 Å². The van der Waals surface area contributed by atoms with Gasteiger partial charge in [0.15, 0.2) is 0 Å². The van der Waals surface area contributed by atoms with Crippen LogP contribution in [0.5, 0.6) is 0 Å². The molecule has 1 atom stereocenters. The lowest BCUT2D eigenvalue weighted by molar-refractivity contribution is 0.303. The summed E-state index contributed by atoms with van der Waals surface area (Å²) >= 11 is 3.39. The number of sulfonamides is 1. The smallest absolute Gasteiger partial charge is 0.208 e. The summed E-state index contributed by atoms with van der Waals surface area (Å²) in [6.45, 7) is 3.88. The Morgan fingerprint density at radius 3 is 2.50 bits per heavy atom. The highest BCUT2D eigenvalue weighted by Crippen LogP contribution is 2.27. The third-order valence-electron chi connectivity index (χ3n) is 4.14. The second-order valence-corrected chi connectivity index (χ2v) is 8.29. The number of halogens is 1. The largest absolute Gasteiger partial charge is 0.240 e. The first kappa shape index (κ1) is 16.0. The molecule has 0 aromatic heterocycles. The van der Waals surface area contributed by atoms with Crippen molar-refractivity contribution in [2.75, 3.05) is 0 Å². The number of hydrogen-bond acceptors (Lipinski definition) is 2. The van der Waals surface area contributed by atoms with E-state index in [1.807, 2.05) is 13.8 Å². The molecule has 0 aliphatic heterocycles. The minimum absolute atomic E-state index is 0.00394. The van der Waals surface area contributed by atoms with E-state index in [1.165, 1.54) is 19.3 Å². The minimum atomic E-state index is -3.42. The lowest BCUT2D eigenvalue weighted by Crippen LogP contribution is -2.38. The third kappa shape index (κ3) is 3.83. The minimum Gasteiger partial charge on any atom is -0.208 e. The number of hydrogen-bond donors (Lipinski definition) is 1. The molecule has 2 rings (SSSR count). The molecule has 20 heavy (non-hydrogen) atoms. The van der Waals surface area contributed by atoms with Gasteiger partial charge in [0.2, 0.25) is 10.0 Å². The summed E-state index contributed by atoms with van der Waals surface area (Å²) in [5.41, 5.74) is 0.929. The molecule has 1 N–H and O–H groups in total. The fourth-order valence-corrected chi connectivity index (χ4v) is 4.47. The summed E-state index contributed by atoms with van der Waals surface area (Å²) in [5.74, 6) is 0.468. The highest BCUT2D eigenvalue weighted by molar-refractivity contribution is 9.10. The molecule has 1 saturated carbocycles. The van der Waals surface area contributed by atoms with Crippen molar-refractivity contribution >= 4 is 26.0 Å². The zero-order valence-electron chi connectivity index (χ0n) is 12.0. The Balaban J connectivity index is 2.11. The van der Waals surface area contributed by atoms with E-state index in [9.17, 15) is 8.42 Å². The van der Waals surface area contributed by atoms with Crippen LogP contribution in [0.25, 0.3) is 0 Å². The zero-order valence-corrected chi connectivity index (χ0v) is 14.4. The number of benzene rings is 1. The lowest BCUT2D eigenvalue weighted by atomic mass is 9.85. The van der Waals surface area contributed by atoms with Crippen molar-refractivity contribution in [1.29, 1.82) is 0 Å². The summed E-state index contributed by atoms with van der Waals surface area (Å²) in [6.07, 6.45) is 5.97. The molecule has 0 spiro atoms. The van der Waals surface area contributed by atoms with E-state index in [0.29, 0.717) is 10.8 Å². The first-order chi connectivity index (χ1) is 9.40. The summed E-state index contributed by atoms with van der Waals surface area (Å²) in [4.78, 5) is 0.348. The van der Waals surface area contributed by atoms with Crippen LogP contribution in [0, 0.1) is 12.8 Å². The molecule has 0 saturated heterocycles. The molecule has 0 amide bonds. The Hall–Kier alpha value is -0.390. The molecular weight excluding hydrogens is 338 g/mol. The Morgan fingerprint density at radius 2 is 1.90 bits per heavy atom. The van der Waals surface area contributed by atoms with E-state index in [4.69, 9.17) is 0 Å². The maximum Gasteiger partial charge on any atom is 0.240 e. The van der Waals surface area contributed by atoms with Crippen molar-refractivity contribution < 1.29 is 8.42 Å². The molecule has 0 bridgehead atoms. The predicted octanol–water partition coefficient (Wildman–Crippen LogP) is 4.00. The Bertz CT molecular complexity index is 565. The van der Waals surface area contributed by atoms with Crippen molar-refractivity contribution in [3.05, 3.63) is 28.2 Å². The van der Waals surface area contributed by atoms with Crippen LogP contribution in [0.2, 0.25) is 0 Å². The Kier molecular flexibility index (Phi) is 5.26. The van der Waals surface area contributed by atoms with Crippen LogP contribution in [0.15, 0.2) is 27.6 Å². The average Bonchev–Trinajstić information content (AvgIpc) is 2.42. The molecule has 1 fully saturated rings. The molecule has 0 heterocycles. The van der Waals surface area contributed by atoms with Gasteiger partial charge >= 0.3 is 0 Å². The molecule has 112 valence electrons. The molecule has 1 aliphatic carbocycles. The van der Waals surface area contributed by atoms with Gasteiger partial charge in [-0.3, -0.25) is 0 Å². The van der Waals surface area contributed by atoms with Crippen molar-refractivity contribution in [2.45, 2.75) is 56.9 Å². The Labute approximate surface area is 130 Å². The van der Waals surface area contributed by atoms with Crippen LogP contribution in [-0.4, -0.2) is 14.5 Å². The topological polar surface area (TPSA) is 46.2 Å². The summed E-state index contributed by atoms with van der Waals surface area (Å²) in [5, 5.41) is 0. The van der Waals surface area contributed by atoms with Crippen LogP contribution in [0.3, 0.4) is 0 Å². The molecule has 1 unspecified atom stereocenters. The monoisotopic (exact) mass is 359 g/mol. The second-order valence-electron chi connectivity index (χ2n) is 5.72. The normalized spacial score (nSPS) is 18.9. The fourth-order valence-electron chi connectivity index (χ4n) is 2.83. The lowest BCUT2D eigenvalue weighted by Gasteiger charge is -2.28. The third-order valence-corrected chi connectivity index (χ3v) is 6.58. The molecule has 3 nitrogen and oxygen atoms in total. The standard InChI is InChI=1S/C15H22BrNO2S/c1-11-10-14(8-9-15(11)16)20(18,19)17-12(2)13-6-4-3-5-7-13/h8-10,12-13,17H,3-7H2,1-2H3. The van der Waals surface area contributed by atoms with Crippen LogP contribution < -0.4 is 4.72 Å².